The fourth-order valence-corrected chi connectivity index (χ4v) is 7.79. The first-order valence-corrected chi connectivity index (χ1v) is 12.1. The van der Waals surface area contributed by atoms with Crippen LogP contribution in [0.3, 0.4) is 0 Å². The summed E-state index contributed by atoms with van der Waals surface area (Å²) in [7, 11) is 1.97. The summed E-state index contributed by atoms with van der Waals surface area (Å²) in [5.41, 5.74) is 1.79. The van der Waals surface area contributed by atoms with E-state index in [1.54, 1.807) is 6.08 Å². The topological polar surface area (TPSA) is 79.5 Å². The van der Waals surface area contributed by atoms with Gasteiger partial charge in [-0.1, -0.05) is 19.4 Å². The zero-order chi connectivity index (χ0) is 22.8. The van der Waals surface area contributed by atoms with E-state index in [4.69, 9.17) is 0 Å². The average Bonchev–Trinajstić information content (AvgIpc) is 3.31. The van der Waals surface area contributed by atoms with E-state index in [9.17, 15) is 19.8 Å². The Morgan fingerprint density at radius 2 is 1.84 bits per heavy atom. The summed E-state index contributed by atoms with van der Waals surface area (Å²) in [5, 5.41) is 20.6. The zero-order valence-corrected chi connectivity index (χ0v) is 19.3. The Hall–Kier alpha value is -1.98. The molecule has 1 aromatic heterocycles. The first-order chi connectivity index (χ1) is 15.1. The van der Waals surface area contributed by atoms with Crippen molar-refractivity contribution < 1.29 is 19.8 Å². The van der Waals surface area contributed by atoms with Gasteiger partial charge in [0.25, 0.3) is 0 Å². The lowest BCUT2D eigenvalue weighted by Gasteiger charge is -2.57. The standard InChI is InChI=1S/C27H35NO4/c1-26-11-10-19-17(13-23(30)21-14-24(31)25(32)15-27(19,21)2)18(26)7-8-20(26)22(29)9-6-16-5-4-12-28(16)3/h4-6,9,12-13,18-21,24-25,31-32H,7-8,10-11,14-15H2,1-3H3/b9-6+/t18?,19?,20-,21+,24-,25+,26+,27-/m1/s1. The first kappa shape index (κ1) is 21.8. The highest BCUT2D eigenvalue weighted by molar-refractivity contribution is 5.97. The van der Waals surface area contributed by atoms with E-state index in [-0.39, 0.29) is 46.1 Å². The Labute approximate surface area is 190 Å². The molecule has 4 aliphatic rings. The molecule has 0 amide bonds. The minimum Gasteiger partial charge on any atom is -0.390 e. The van der Waals surface area contributed by atoms with Crippen molar-refractivity contribution in [1.29, 1.82) is 0 Å². The van der Waals surface area contributed by atoms with E-state index in [1.165, 1.54) is 5.57 Å². The van der Waals surface area contributed by atoms with Crippen LogP contribution in [0.15, 0.2) is 36.1 Å². The smallest absolute Gasteiger partial charge is 0.159 e. The molecule has 5 nitrogen and oxygen atoms in total. The molecule has 32 heavy (non-hydrogen) atoms. The molecular weight excluding hydrogens is 402 g/mol. The number of fused-ring (bicyclic) bond motifs is 5. The van der Waals surface area contributed by atoms with E-state index < -0.39 is 12.2 Å². The van der Waals surface area contributed by atoms with Gasteiger partial charge >= 0.3 is 0 Å². The zero-order valence-electron chi connectivity index (χ0n) is 19.3. The second kappa shape index (κ2) is 7.53. The number of hydrogen-bond acceptors (Lipinski definition) is 4. The predicted molar refractivity (Wildman–Crippen MR) is 122 cm³/mol. The molecule has 8 atom stereocenters. The Morgan fingerprint density at radius 3 is 2.56 bits per heavy atom. The van der Waals surface area contributed by atoms with Crippen molar-refractivity contribution in [1.82, 2.24) is 4.57 Å². The summed E-state index contributed by atoms with van der Waals surface area (Å²) >= 11 is 0. The molecule has 0 bridgehead atoms. The van der Waals surface area contributed by atoms with Gasteiger partial charge in [-0.05, 0) is 91.6 Å². The summed E-state index contributed by atoms with van der Waals surface area (Å²) in [4.78, 5) is 26.4. The molecule has 5 rings (SSSR count). The van der Waals surface area contributed by atoms with Gasteiger partial charge in [0.05, 0.1) is 12.2 Å². The van der Waals surface area contributed by atoms with Crippen LogP contribution < -0.4 is 0 Å². The van der Waals surface area contributed by atoms with Gasteiger partial charge in [0.15, 0.2) is 11.6 Å². The van der Waals surface area contributed by atoms with E-state index in [2.05, 4.69) is 13.8 Å². The predicted octanol–water partition coefficient (Wildman–Crippen LogP) is 3.70. The molecule has 2 unspecified atom stereocenters. The molecule has 0 aliphatic heterocycles. The summed E-state index contributed by atoms with van der Waals surface area (Å²) in [5.74, 6) is 0.545. The number of hydrogen-bond donors (Lipinski definition) is 2. The molecule has 2 N–H and O–H groups in total. The van der Waals surface area contributed by atoms with Gasteiger partial charge in [-0.3, -0.25) is 9.59 Å². The molecule has 1 aromatic rings. The lowest BCUT2D eigenvalue weighted by Crippen LogP contribution is -2.56. The van der Waals surface area contributed by atoms with Crippen LogP contribution in [0.4, 0.5) is 0 Å². The molecule has 0 saturated heterocycles. The maximum absolute atomic E-state index is 13.3. The van der Waals surface area contributed by atoms with Crippen molar-refractivity contribution >= 4 is 17.6 Å². The summed E-state index contributed by atoms with van der Waals surface area (Å²) in [6, 6.07) is 3.97. The Balaban J connectivity index is 1.42. The number of nitrogens with zero attached hydrogens (tertiary/aromatic N) is 1. The van der Waals surface area contributed by atoms with Crippen molar-refractivity contribution in [3.63, 3.8) is 0 Å². The molecule has 3 fully saturated rings. The highest BCUT2D eigenvalue weighted by Crippen LogP contribution is 2.65. The van der Waals surface area contributed by atoms with Crippen molar-refractivity contribution in [2.24, 2.45) is 41.5 Å². The molecule has 172 valence electrons. The summed E-state index contributed by atoms with van der Waals surface area (Å²) < 4.78 is 2.00. The van der Waals surface area contributed by atoms with Crippen molar-refractivity contribution in [2.45, 2.75) is 64.6 Å². The van der Waals surface area contributed by atoms with Crippen LogP contribution in [0, 0.1) is 34.5 Å². The molecule has 0 spiro atoms. The number of aliphatic hydroxyl groups is 2. The number of carbonyl (C=O) groups excluding carboxylic acids is 2. The third-order valence-electron chi connectivity index (χ3n) is 9.67. The normalized spacial score (nSPS) is 43.5. The molecule has 0 radical (unpaired) electrons. The maximum atomic E-state index is 13.3. The highest BCUT2D eigenvalue weighted by Gasteiger charge is 2.61. The lowest BCUT2D eigenvalue weighted by molar-refractivity contribution is -0.143. The largest absolute Gasteiger partial charge is 0.390 e. The molecule has 5 heteroatoms. The fourth-order valence-electron chi connectivity index (χ4n) is 7.79. The van der Waals surface area contributed by atoms with Gasteiger partial charge in [-0.15, -0.1) is 0 Å². The lowest BCUT2D eigenvalue weighted by atomic mass is 9.47. The minimum atomic E-state index is -0.815. The Kier molecular flexibility index (Phi) is 5.14. The van der Waals surface area contributed by atoms with E-state index >= 15 is 0 Å². The van der Waals surface area contributed by atoms with Gasteiger partial charge in [0, 0.05) is 30.8 Å². The number of ketones is 2. The number of rotatable bonds is 3. The second-order valence-corrected chi connectivity index (χ2v) is 11.2. The van der Waals surface area contributed by atoms with Crippen molar-refractivity contribution in [3.05, 3.63) is 41.7 Å². The van der Waals surface area contributed by atoms with Gasteiger partial charge in [0.1, 0.15) is 0 Å². The number of aliphatic hydroxyl groups excluding tert-OH is 2. The summed E-state index contributed by atoms with van der Waals surface area (Å²) in [6.45, 7) is 4.39. The van der Waals surface area contributed by atoms with Crippen LogP contribution in [-0.4, -0.2) is 38.6 Å². The Bertz CT molecular complexity index is 1010. The minimum absolute atomic E-state index is 0.0229. The number of aromatic nitrogens is 1. The fraction of sp³-hybridized carbons (Fsp3) is 0.630. The maximum Gasteiger partial charge on any atom is 0.159 e. The van der Waals surface area contributed by atoms with Crippen molar-refractivity contribution in [3.8, 4) is 0 Å². The first-order valence-electron chi connectivity index (χ1n) is 12.1. The van der Waals surface area contributed by atoms with Crippen LogP contribution in [0.5, 0.6) is 0 Å². The summed E-state index contributed by atoms with van der Waals surface area (Å²) in [6.07, 6.45) is 10.4. The SMILES string of the molecule is Cn1cccc1/C=C/C(=O)[C@H]1CCC2C3=CC(=O)[C@@H]4C[C@@H](O)[C@@H](O)C[C@]4(C)C3CC[C@@]21C. The van der Waals surface area contributed by atoms with Gasteiger partial charge < -0.3 is 14.8 Å². The molecule has 4 aliphatic carbocycles. The quantitative estimate of drug-likeness (QED) is 0.707. The molecule has 0 aromatic carbocycles. The van der Waals surface area contributed by atoms with Crippen LogP contribution >= 0.6 is 0 Å². The molecular formula is C27H35NO4. The molecule has 3 saturated carbocycles. The third-order valence-corrected chi connectivity index (χ3v) is 9.67. The third kappa shape index (κ3) is 3.12. The number of aryl methyl sites for hydroxylation is 1. The van der Waals surface area contributed by atoms with Gasteiger partial charge in [0.2, 0.25) is 0 Å². The Morgan fingerprint density at radius 1 is 1.09 bits per heavy atom. The van der Waals surface area contributed by atoms with Gasteiger partial charge in [-0.25, -0.2) is 0 Å². The van der Waals surface area contributed by atoms with Crippen LogP contribution in [-0.2, 0) is 16.6 Å². The highest BCUT2D eigenvalue weighted by atomic mass is 16.3. The van der Waals surface area contributed by atoms with Crippen molar-refractivity contribution in [2.75, 3.05) is 0 Å². The van der Waals surface area contributed by atoms with Crippen LogP contribution in [0.1, 0.15) is 58.1 Å². The van der Waals surface area contributed by atoms with Crippen LogP contribution in [0.2, 0.25) is 0 Å². The second-order valence-electron chi connectivity index (χ2n) is 11.2. The van der Waals surface area contributed by atoms with Crippen LogP contribution in [0.25, 0.3) is 6.08 Å². The molecule has 1 heterocycles. The van der Waals surface area contributed by atoms with Gasteiger partial charge in [-0.2, -0.15) is 0 Å². The number of carbonyl (C=O) groups is 2. The van der Waals surface area contributed by atoms with E-state index in [1.807, 2.05) is 42.1 Å². The average molecular weight is 438 g/mol. The van der Waals surface area contributed by atoms with E-state index in [0.717, 1.165) is 31.4 Å². The number of allylic oxidation sites excluding steroid dienone is 3. The monoisotopic (exact) mass is 437 g/mol. The van der Waals surface area contributed by atoms with E-state index in [0.29, 0.717) is 12.8 Å².